The van der Waals surface area contributed by atoms with E-state index >= 15 is 0 Å². The molecule has 6 heteroatoms. The van der Waals surface area contributed by atoms with Crippen molar-refractivity contribution in [3.63, 3.8) is 0 Å². The third kappa shape index (κ3) is 4.89. The third-order valence-corrected chi connectivity index (χ3v) is 7.73. The number of hydrogen-bond acceptors (Lipinski definition) is 5. The summed E-state index contributed by atoms with van der Waals surface area (Å²) in [4.78, 5) is 14.0. The van der Waals surface area contributed by atoms with Crippen molar-refractivity contribution in [1.29, 1.82) is 0 Å². The average Bonchev–Trinajstić information content (AvgIpc) is 3.20. The summed E-state index contributed by atoms with van der Waals surface area (Å²) in [6.45, 7) is 8.25. The number of hydrogen-bond donors (Lipinski definition) is 0. The fourth-order valence-electron chi connectivity index (χ4n) is 4.75. The minimum Gasteiger partial charge on any atom is -0.399 e. The second-order valence-corrected chi connectivity index (χ2v) is 10.8. The molecule has 1 aliphatic rings. The van der Waals surface area contributed by atoms with Crippen molar-refractivity contribution in [3.8, 4) is 45.0 Å². The fourth-order valence-corrected chi connectivity index (χ4v) is 4.75. The average molecular weight is 511 g/mol. The molecule has 0 amide bonds. The Morgan fingerprint density at radius 1 is 0.538 bits per heavy atom. The van der Waals surface area contributed by atoms with Crippen LogP contribution < -0.4 is 5.46 Å². The Morgan fingerprint density at radius 3 is 1.64 bits per heavy atom. The Bertz CT molecular complexity index is 1590. The summed E-state index contributed by atoms with van der Waals surface area (Å²) in [7, 11) is -0.556. The van der Waals surface area contributed by atoms with Gasteiger partial charge in [-0.3, -0.25) is 0 Å². The van der Waals surface area contributed by atoms with Crippen LogP contribution in [-0.2, 0) is 9.31 Å². The highest BCUT2D eigenvalue weighted by atomic mass is 16.7. The first-order valence-corrected chi connectivity index (χ1v) is 13.2. The maximum atomic E-state index is 6.48. The highest BCUT2D eigenvalue weighted by molar-refractivity contribution is 6.64. The monoisotopic (exact) mass is 511 g/mol. The van der Waals surface area contributed by atoms with E-state index in [1.807, 2.05) is 36.4 Å². The van der Waals surface area contributed by atoms with Crippen molar-refractivity contribution in [3.05, 3.63) is 109 Å². The molecule has 0 spiro atoms. The van der Waals surface area contributed by atoms with E-state index < -0.39 is 18.3 Å². The zero-order valence-electron chi connectivity index (χ0n) is 22.6. The van der Waals surface area contributed by atoms with Gasteiger partial charge < -0.3 is 9.31 Å². The Morgan fingerprint density at radius 2 is 1.03 bits per heavy atom. The molecule has 1 aromatic heterocycles. The Hall–Kier alpha value is -4.13. The van der Waals surface area contributed by atoms with E-state index in [1.54, 1.807) is 6.33 Å². The number of nitrogens with zero attached hydrogens (tertiary/aromatic N) is 3. The van der Waals surface area contributed by atoms with Crippen LogP contribution in [0.1, 0.15) is 27.7 Å². The maximum absolute atomic E-state index is 6.48. The standard InChI is InChI=1S/C33H30BN3O2/c1-32(2)33(3,4)39-34(38-32)29-21-27(24-13-9-6-10-14-24)19-20-28(29)31-36-22-35-30(37-31)26-17-15-25(16-18-26)23-11-7-5-8-12-23/h5-22H,1-4H3. The second kappa shape index (κ2) is 9.88. The SMILES string of the molecule is CC1(C)OB(c2cc(-c3ccccc3)ccc2-c2ncnc(-c3ccc(-c4ccccc4)cc3)n2)OC1(C)C. The summed E-state index contributed by atoms with van der Waals surface area (Å²) in [6, 6.07) is 35.2. The molecule has 1 saturated heterocycles. The van der Waals surface area contributed by atoms with Crippen molar-refractivity contribution >= 4 is 12.6 Å². The van der Waals surface area contributed by atoms with Crippen LogP contribution in [0.25, 0.3) is 45.0 Å². The molecule has 0 N–H and O–H groups in total. The van der Waals surface area contributed by atoms with Gasteiger partial charge in [0.2, 0.25) is 0 Å². The van der Waals surface area contributed by atoms with Gasteiger partial charge in [-0.2, -0.15) is 0 Å². The first kappa shape index (κ1) is 25.2. The van der Waals surface area contributed by atoms with Crippen molar-refractivity contribution in [2.45, 2.75) is 38.9 Å². The molecule has 5 aromatic rings. The number of aromatic nitrogens is 3. The molecule has 6 rings (SSSR count). The molecule has 39 heavy (non-hydrogen) atoms. The molecular weight excluding hydrogens is 481 g/mol. The largest absolute Gasteiger partial charge is 0.495 e. The summed E-state index contributed by atoms with van der Waals surface area (Å²) < 4.78 is 13.0. The first-order chi connectivity index (χ1) is 18.8. The fraction of sp³-hybridized carbons (Fsp3) is 0.182. The van der Waals surface area contributed by atoms with Gasteiger partial charge in [-0.25, -0.2) is 15.0 Å². The van der Waals surface area contributed by atoms with Crippen LogP contribution in [0.3, 0.4) is 0 Å². The van der Waals surface area contributed by atoms with E-state index in [9.17, 15) is 0 Å². The van der Waals surface area contributed by atoms with Gasteiger partial charge in [0.1, 0.15) is 6.33 Å². The Balaban J connectivity index is 1.40. The molecule has 0 atom stereocenters. The maximum Gasteiger partial charge on any atom is 0.495 e. The van der Waals surface area contributed by atoms with Gasteiger partial charge in [0.05, 0.1) is 11.2 Å². The van der Waals surface area contributed by atoms with Crippen molar-refractivity contribution in [1.82, 2.24) is 15.0 Å². The van der Waals surface area contributed by atoms with Gasteiger partial charge in [0.15, 0.2) is 11.6 Å². The van der Waals surface area contributed by atoms with E-state index in [0.717, 1.165) is 33.3 Å². The summed E-state index contributed by atoms with van der Waals surface area (Å²) in [5, 5.41) is 0. The van der Waals surface area contributed by atoms with Gasteiger partial charge in [0, 0.05) is 11.1 Å². The molecule has 0 unspecified atom stereocenters. The molecular formula is C33H30BN3O2. The third-order valence-electron chi connectivity index (χ3n) is 7.73. The predicted molar refractivity (Wildman–Crippen MR) is 157 cm³/mol. The lowest BCUT2D eigenvalue weighted by molar-refractivity contribution is 0.00578. The summed E-state index contributed by atoms with van der Waals surface area (Å²) >= 11 is 0. The molecule has 4 aromatic carbocycles. The minimum absolute atomic E-state index is 0.470. The predicted octanol–water partition coefficient (Wildman–Crippen LogP) is 6.84. The topological polar surface area (TPSA) is 57.1 Å². The number of rotatable bonds is 5. The van der Waals surface area contributed by atoms with Crippen LogP contribution >= 0.6 is 0 Å². The van der Waals surface area contributed by atoms with E-state index in [0.29, 0.717) is 11.6 Å². The molecule has 192 valence electrons. The van der Waals surface area contributed by atoms with Crippen molar-refractivity contribution < 1.29 is 9.31 Å². The normalized spacial score (nSPS) is 15.8. The van der Waals surface area contributed by atoms with Crippen molar-refractivity contribution in [2.24, 2.45) is 0 Å². The quantitative estimate of drug-likeness (QED) is 0.242. The van der Waals surface area contributed by atoms with Crippen LogP contribution in [0.15, 0.2) is 109 Å². The van der Waals surface area contributed by atoms with Crippen LogP contribution in [0.2, 0.25) is 0 Å². The van der Waals surface area contributed by atoms with Gasteiger partial charge in [-0.05, 0) is 55.4 Å². The lowest BCUT2D eigenvalue weighted by atomic mass is 9.74. The van der Waals surface area contributed by atoms with E-state index in [2.05, 4.69) is 104 Å². The summed E-state index contributed by atoms with van der Waals surface area (Å²) in [6.07, 6.45) is 1.57. The lowest BCUT2D eigenvalue weighted by Crippen LogP contribution is -2.41. The highest BCUT2D eigenvalue weighted by Gasteiger charge is 2.52. The molecule has 0 bridgehead atoms. The van der Waals surface area contributed by atoms with Gasteiger partial charge in [0.25, 0.3) is 0 Å². The molecule has 5 nitrogen and oxygen atoms in total. The molecule has 0 radical (unpaired) electrons. The van der Waals surface area contributed by atoms with Crippen LogP contribution in [0.4, 0.5) is 0 Å². The highest BCUT2D eigenvalue weighted by Crippen LogP contribution is 2.37. The molecule has 2 heterocycles. The second-order valence-electron chi connectivity index (χ2n) is 10.8. The van der Waals surface area contributed by atoms with Gasteiger partial charge in [-0.15, -0.1) is 0 Å². The Labute approximate surface area is 230 Å². The van der Waals surface area contributed by atoms with Crippen LogP contribution in [-0.4, -0.2) is 33.3 Å². The van der Waals surface area contributed by atoms with Crippen molar-refractivity contribution in [2.75, 3.05) is 0 Å². The van der Waals surface area contributed by atoms with Gasteiger partial charge in [-0.1, -0.05) is 103 Å². The summed E-state index contributed by atoms with van der Waals surface area (Å²) in [5.74, 6) is 1.20. The molecule has 1 aliphatic heterocycles. The van der Waals surface area contributed by atoms with Crippen LogP contribution in [0, 0.1) is 0 Å². The Kier molecular flexibility index (Phi) is 6.38. The van der Waals surface area contributed by atoms with E-state index in [-0.39, 0.29) is 0 Å². The zero-order chi connectivity index (χ0) is 27.0. The zero-order valence-corrected chi connectivity index (χ0v) is 22.6. The molecule has 1 fully saturated rings. The molecule has 0 saturated carbocycles. The van der Waals surface area contributed by atoms with Gasteiger partial charge >= 0.3 is 7.12 Å². The van der Waals surface area contributed by atoms with E-state index in [4.69, 9.17) is 14.3 Å². The minimum atomic E-state index is -0.556. The first-order valence-electron chi connectivity index (χ1n) is 13.2. The smallest absolute Gasteiger partial charge is 0.399 e. The lowest BCUT2D eigenvalue weighted by Gasteiger charge is -2.32. The van der Waals surface area contributed by atoms with Crippen LogP contribution in [0.5, 0.6) is 0 Å². The molecule has 0 aliphatic carbocycles. The van der Waals surface area contributed by atoms with E-state index in [1.165, 1.54) is 5.56 Å². The number of benzene rings is 4. The summed E-state index contributed by atoms with van der Waals surface area (Å²) in [5.41, 5.74) is 6.26.